The zero-order valence-electron chi connectivity index (χ0n) is 22.4. The first-order valence-corrected chi connectivity index (χ1v) is 16.6. The van der Waals surface area contributed by atoms with Gasteiger partial charge in [0.15, 0.2) is 0 Å². The van der Waals surface area contributed by atoms with Crippen LogP contribution in [0.3, 0.4) is 0 Å². The molecule has 1 aliphatic carbocycles. The fraction of sp³-hybridized carbons (Fsp3) is 0.345. The number of piperidine rings is 1. The number of rotatable bonds is 3. The van der Waals surface area contributed by atoms with E-state index < -0.39 is 0 Å². The summed E-state index contributed by atoms with van der Waals surface area (Å²) in [6, 6.07) is 8.98. The molecule has 4 aliphatic rings. The molecule has 1 fully saturated rings. The van der Waals surface area contributed by atoms with Gasteiger partial charge in [-0.05, 0) is 84.8 Å². The average Bonchev–Trinajstić information content (AvgIpc) is 3.19. The molecule has 4 heterocycles. The van der Waals surface area contributed by atoms with Gasteiger partial charge in [-0.1, -0.05) is 43.4 Å². The van der Waals surface area contributed by atoms with E-state index in [1.165, 1.54) is 28.2 Å². The summed E-state index contributed by atoms with van der Waals surface area (Å²) in [5.41, 5.74) is 15.8. The summed E-state index contributed by atoms with van der Waals surface area (Å²) < 4.78 is 0. The number of anilines is 1. The summed E-state index contributed by atoms with van der Waals surface area (Å²) in [7, 11) is 1.87. The van der Waals surface area contributed by atoms with Gasteiger partial charge in [-0.15, -0.1) is 0 Å². The third-order valence-electron chi connectivity index (χ3n) is 8.28. The summed E-state index contributed by atoms with van der Waals surface area (Å²) in [6.45, 7) is 6.48. The highest BCUT2D eigenvalue weighted by atomic mass is 35.5. The van der Waals surface area contributed by atoms with Crippen LogP contribution in [-0.4, -0.2) is 59.9 Å². The van der Waals surface area contributed by atoms with Gasteiger partial charge >= 0.3 is 0 Å². The number of aliphatic imine (C=N–C) groups is 2. The van der Waals surface area contributed by atoms with Gasteiger partial charge in [0.1, 0.15) is 23.3 Å². The standard InChI is InChI=1S/C29H33ClN7PS/c1-36-23-7-6-22(39-21-8-12-33-27(32)25(21)30)28(36)34-13-9-24(35-23)37-14-10-29(11-15-37)17-18-4-5-19(38(2)3)16-20(18)26(29)31/h4-9,12-13,16,26H,10-11,14-15,17,31H2,1-3H3,(H2,32,33)/b13-9+,24-9?,34-13?,34-28-,35-23?,35-24+. The zero-order valence-corrected chi connectivity index (χ0v) is 24.9. The van der Waals surface area contributed by atoms with Gasteiger partial charge in [-0.3, -0.25) is 0 Å². The highest BCUT2D eigenvalue weighted by Gasteiger charge is 2.46. The lowest BCUT2D eigenvalue weighted by atomic mass is 9.73. The molecule has 0 amide bonds. The summed E-state index contributed by atoms with van der Waals surface area (Å²) in [6.07, 6.45) is 12.8. The zero-order chi connectivity index (χ0) is 27.3. The Kier molecular flexibility index (Phi) is 7.09. The number of nitrogens with two attached hydrogens (primary N) is 2. The third-order valence-corrected chi connectivity index (χ3v) is 11.2. The number of hydrogen-bond donors (Lipinski definition) is 2. The monoisotopic (exact) mass is 577 g/mol. The van der Waals surface area contributed by atoms with E-state index in [4.69, 9.17) is 33.1 Å². The second-order valence-corrected chi connectivity index (χ2v) is 14.5. The van der Waals surface area contributed by atoms with E-state index in [2.05, 4.69) is 41.4 Å². The van der Waals surface area contributed by atoms with E-state index >= 15 is 0 Å². The lowest BCUT2D eigenvalue weighted by Crippen LogP contribution is -2.46. The van der Waals surface area contributed by atoms with Crippen LogP contribution in [0.15, 0.2) is 80.5 Å². The van der Waals surface area contributed by atoms with Crippen LogP contribution < -0.4 is 16.8 Å². The SMILES string of the molecule is CN1C2=CC=C(Sc3ccnc(N)c3Cl)/C1=N/C=C/C(N1CCC3(CC1)Cc1ccc(P(C)C)cc1C3N)=N\2. The van der Waals surface area contributed by atoms with Gasteiger partial charge in [0.05, 0.1) is 9.93 Å². The fourth-order valence-electron chi connectivity index (χ4n) is 5.90. The maximum absolute atomic E-state index is 6.95. The number of thioether (sulfide) groups is 1. The predicted octanol–water partition coefficient (Wildman–Crippen LogP) is 5.11. The molecule has 39 heavy (non-hydrogen) atoms. The Bertz CT molecular complexity index is 1470. The number of allylic oxidation sites excluding steroid dienone is 2. The van der Waals surface area contributed by atoms with Crippen molar-refractivity contribution < 1.29 is 0 Å². The molecule has 1 unspecified atom stereocenters. The number of likely N-dealkylation sites (N-methyl/N-ethyl adjacent to an activating group) is 1. The first-order valence-electron chi connectivity index (χ1n) is 13.1. The molecule has 2 bridgehead atoms. The molecule has 2 aromatic rings. The second kappa shape index (κ2) is 10.4. The number of fused-ring (bicyclic) bond motifs is 3. The van der Waals surface area contributed by atoms with Crippen LogP contribution in [-0.2, 0) is 6.42 Å². The molecular formula is C29H33ClN7PS. The van der Waals surface area contributed by atoms with Crippen molar-refractivity contribution >= 4 is 54.1 Å². The molecular weight excluding hydrogens is 545 g/mol. The molecule has 1 aromatic heterocycles. The van der Waals surface area contributed by atoms with Gasteiger partial charge in [-0.2, -0.15) is 0 Å². The Labute approximate surface area is 240 Å². The summed E-state index contributed by atoms with van der Waals surface area (Å²) in [5.74, 6) is 2.93. The minimum Gasteiger partial charge on any atom is -0.382 e. The molecule has 3 aliphatic heterocycles. The van der Waals surface area contributed by atoms with Gasteiger partial charge in [-0.25, -0.2) is 15.0 Å². The molecule has 202 valence electrons. The number of nitrogen functional groups attached to an aromatic ring is 1. The lowest BCUT2D eigenvalue weighted by molar-refractivity contribution is 0.128. The maximum atomic E-state index is 6.95. The van der Waals surface area contributed by atoms with E-state index in [9.17, 15) is 0 Å². The van der Waals surface area contributed by atoms with E-state index in [0.29, 0.717) is 10.8 Å². The van der Waals surface area contributed by atoms with Crippen LogP contribution in [0.25, 0.3) is 0 Å². The number of amidine groups is 2. The van der Waals surface area contributed by atoms with E-state index in [1.807, 2.05) is 42.4 Å². The summed E-state index contributed by atoms with van der Waals surface area (Å²) in [4.78, 5) is 20.1. The largest absolute Gasteiger partial charge is 0.382 e. The first-order chi connectivity index (χ1) is 18.8. The molecule has 10 heteroatoms. The molecule has 4 N–H and O–H groups in total. The fourth-order valence-corrected chi connectivity index (χ4v) is 7.87. The van der Waals surface area contributed by atoms with Gasteiger partial charge in [0, 0.05) is 43.5 Å². The topological polar surface area (TPSA) is 96.1 Å². The minimum atomic E-state index is -0.124. The Morgan fingerprint density at radius 1 is 1.15 bits per heavy atom. The molecule has 0 saturated carbocycles. The maximum Gasteiger partial charge on any atom is 0.147 e. The highest BCUT2D eigenvalue weighted by molar-refractivity contribution is 8.04. The lowest BCUT2D eigenvalue weighted by Gasteiger charge is -2.43. The number of halogens is 1. The molecule has 1 atom stereocenters. The van der Waals surface area contributed by atoms with Crippen LogP contribution in [0, 0.1) is 5.41 Å². The molecule has 1 saturated heterocycles. The number of nitrogens with zero attached hydrogens (tertiary/aromatic N) is 5. The highest BCUT2D eigenvalue weighted by Crippen LogP contribution is 2.51. The van der Waals surface area contributed by atoms with Crippen molar-refractivity contribution in [3.63, 3.8) is 0 Å². The number of likely N-dealkylation sites (tertiary alicyclic amines) is 1. The normalized spacial score (nSPS) is 25.2. The van der Waals surface area contributed by atoms with Crippen molar-refractivity contribution in [3.05, 3.63) is 81.8 Å². The average molecular weight is 578 g/mol. The smallest absolute Gasteiger partial charge is 0.147 e. The number of pyridine rings is 1. The van der Waals surface area contributed by atoms with Crippen LogP contribution in [0.4, 0.5) is 5.82 Å². The predicted molar refractivity (Wildman–Crippen MR) is 166 cm³/mol. The van der Waals surface area contributed by atoms with Crippen LogP contribution in [0.1, 0.15) is 30.0 Å². The molecule has 1 spiro atoms. The first kappa shape index (κ1) is 26.6. The van der Waals surface area contributed by atoms with Crippen molar-refractivity contribution in [1.29, 1.82) is 0 Å². The summed E-state index contributed by atoms with van der Waals surface area (Å²) >= 11 is 7.91. The van der Waals surface area contributed by atoms with E-state index in [0.717, 1.165) is 59.6 Å². The van der Waals surface area contributed by atoms with Crippen LogP contribution in [0.5, 0.6) is 0 Å². The molecule has 1 aromatic carbocycles. The van der Waals surface area contributed by atoms with Crippen molar-refractivity contribution in [2.45, 2.75) is 30.2 Å². The number of hydrogen-bond acceptors (Lipinski definition) is 8. The van der Waals surface area contributed by atoms with Crippen LogP contribution >= 0.6 is 31.3 Å². The third kappa shape index (κ3) is 4.82. The van der Waals surface area contributed by atoms with E-state index in [-0.39, 0.29) is 19.4 Å². The Morgan fingerprint density at radius 2 is 1.95 bits per heavy atom. The van der Waals surface area contributed by atoms with Crippen molar-refractivity contribution in [2.24, 2.45) is 21.1 Å². The molecule has 0 radical (unpaired) electrons. The van der Waals surface area contributed by atoms with Crippen LogP contribution in [0.2, 0.25) is 5.02 Å². The number of benzene rings is 1. The second-order valence-electron chi connectivity index (χ2n) is 10.7. The Balaban J connectivity index is 1.19. The minimum absolute atomic E-state index is 0.101. The molecule has 6 rings (SSSR count). The van der Waals surface area contributed by atoms with Crippen molar-refractivity contribution in [2.75, 3.05) is 39.2 Å². The van der Waals surface area contributed by atoms with Crippen molar-refractivity contribution in [3.8, 4) is 0 Å². The summed E-state index contributed by atoms with van der Waals surface area (Å²) in [5, 5.41) is 1.90. The van der Waals surface area contributed by atoms with Gasteiger partial charge in [0.25, 0.3) is 0 Å². The molecule has 7 nitrogen and oxygen atoms in total. The van der Waals surface area contributed by atoms with E-state index in [1.54, 1.807) is 6.20 Å². The quantitative estimate of drug-likeness (QED) is 0.492. The number of aromatic nitrogens is 1. The Hall–Kier alpha value is -2.64. The van der Waals surface area contributed by atoms with Gasteiger partial charge in [0.2, 0.25) is 0 Å². The Morgan fingerprint density at radius 3 is 2.72 bits per heavy atom. The van der Waals surface area contributed by atoms with Crippen molar-refractivity contribution in [1.82, 2.24) is 14.8 Å². The van der Waals surface area contributed by atoms with Gasteiger partial charge < -0.3 is 21.3 Å².